The number of halogens is 7. The highest BCUT2D eigenvalue weighted by Crippen LogP contribution is 2.37. The van der Waals surface area contributed by atoms with E-state index in [1.54, 1.807) is 0 Å². The fourth-order valence-electron chi connectivity index (χ4n) is 2.51. The molecule has 0 saturated heterocycles. The minimum atomic E-state index is -4.66. The van der Waals surface area contributed by atoms with Crippen LogP contribution in [0.25, 0.3) is 11.5 Å². The second-order valence-corrected chi connectivity index (χ2v) is 6.68. The molecule has 3 rings (SSSR count). The van der Waals surface area contributed by atoms with Gasteiger partial charge in [-0.3, -0.25) is 4.68 Å². The number of aromatic nitrogens is 4. The Morgan fingerprint density at radius 1 is 1.07 bits per heavy atom. The Hall–Kier alpha value is -2.37. The number of rotatable bonds is 3. The Labute approximate surface area is 162 Å². The van der Waals surface area contributed by atoms with Crippen molar-refractivity contribution in [3.63, 3.8) is 0 Å². The first-order valence-electron chi connectivity index (χ1n) is 7.72. The van der Waals surface area contributed by atoms with E-state index in [4.69, 9.17) is 4.42 Å². The highest BCUT2D eigenvalue weighted by molar-refractivity contribution is 9.10. The number of benzene rings is 1. The molecule has 0 fully saturated rings. The zero-order chi connectivity index (χ0) is 20.9. The molecule has 1 atom stereocenters. The number of hydrogen-bond acceptors (Lipinski definition) is 4. The van der Waals surface area contributed by atoms with Gasteiger partial charge in [-0.2, -0.15) is 31.4 Å². The van der Waals surface area contributed by atoms with E-state index in [9.17, 15) is 26.3 Å². The van der Waals surface area contributed by atoms with Crippen molar-refractivity contribution < 1.29 is 30.8 Å². The van der Waals surface area contributed by atoms with E-state index in [1.165, 1.54) is 26.0 Å². The minimum Gasteiger partial charge on any atom is -0.418 e. The van der Waals surface area contributed by atoms with Gasteiger partial charge in [0, 0.05) is 5.56 Å². The first kappa shape index (κ1) is 20.4. The number of nitrogens with zero attached hydrogens (tertiary/aromatic N) is 4. The Morgan fingerprint density at radius 3 is 2.32 bits per heavy atom. The molecule has 2 heterocycles. The van der Waals surface area contributed by atoms with Gasteiger partial charge in [-0.15, -0.1) is 10.2 Å². The molecule has 28 heavy (non-hydrogen) atoms. The Kier molecular flexibility index (Phi) is 5.02. The molecule has 1 unspecified atom stereocenters. The van der Waals surface area contributed by atoms with Crippen molar-refractivity contribution >= 4 is 15.9 Å². The van der Waals surface area contributed by atoms with Gasteiger partial charge in [0.15, 0.2) is 5.69 Å². The summed E-state index contributed by atoms with van der Waals surface area (Å²) in [4.78, 5) is 0. The van der Waals surface area contributed by atoms with Gasteiger partial charge in [0.2, 0.25) is 11.8 Å². The summed E-state index contributed by atoms with van der Waals surface area (Å²) in [7, 11) is 0. The number of hydrogen-bond donors (Lipinski definition) is 0. The molecular weight excluding hydrogens is 458 g/mol. The molecule has 3 aromatic rings. The summed E-state index contributed by atoms with van der Waals surface area (Å²) >= 11 is 2.87. The zero-order valence-corrected chi connectivity index (χ0v) is 15.8. The third kappa shape index (κ3) is 3.77. The topological polar surface area (TPSA) is 56.7 Å². The van der Waals surface area contributed by atoms with E-state index in [0.717, 1.165) is 16.8 Å². The largest absolute Gasteiger partial charge is 0.436 e. The number of alkyl halides is 6. The summed E-state index contributed by atoms with van der Waals surface area (Å²) in [5.41, 5.74) is -1.78. The Balaban J connectivity index is 1.95. The summed E-state index contributed by atoms with van der Waals surface area (Å²) in [5, 5.41) is 11.0. The summed E-state index contributed by atoms with van der Waals surface area (Å²) < 4.78 is 83.8. The monoisotopic (exact) mass is 468 g/mol. The van der Waals surface area contributed by atoms with Gasteiger partial charge in [0.25, 0.3) is 0 Å². The Morgan fingerprint density at radius 2 is 1.75 bits per heavy atom. The van der Waals surface area contributed by atoms with E-state index < -0.39 is 29.7 Å². The summed E-state index contributed by atoms with van der Waals surface area (Å²) in [6.45, 7) is 2.91. The van der Waals surface area contributed by atoms with Gasteiger partial charge in [-0.1, -0.05) is 6.07 Å². The van der Waals surface area contributed by atoms with Crippen molar-refractivity contribution in [2.24, 2.45) is 0 Å². The molecule has 0 saturated carbocycles. The molecule has 5 nitrogen and oxygen atoms in total. The van der Waals surface area contributed by atoms with Crippen molar-refractivity contribution in [1.29, 1.82) is 0 Å². The minimum absolute atomic E-state index is 0.0372. The summed E-state index contributed by atoms with van der Waals surface area (Å²) in [6.07, 6.45) is -9.20. The molecule has 2 aromatic heterocycles. The summed E-state index contributed by atoms with van der Waals surface area (Å²) in [5.74, 6) is -0.285. The van der Waals surface area contributed by atoms with Gasteiger partial charge < -0.3 is 4.42 Å². The van der Waals surface area contributed by atoms with E-state index in [0.29, 0.717) is 0 Å². The fraction of sp³-hybridized carbons (Fsp3) is 0.312. The van der Waals surface area contributed by atoms with Crippen LogP contribution in [0.3, 0.4) is 0 Å². The zero-order valence-electron chi connectivity index (χ0n) is 14.2. The van der Waals surface area contributed by atoms with Crippen LogP contribution >= 0.6 is 15.9 Å². The lowest BCUT2D eigenvalue weighted by Gasteiger charge is -2.10. The molecule has 0 N–H and O–H groups in total. The van der Waals surface area contributed by atoms with Crippen LogP contribution in [0.4, 0.5) is 26.3 Å². The van der Waals surface area contributed by atoms with E-state index in [1.807, 2.05) is 0 Å². The van der Waals surface area contributed by atoms with E-state index >= 15 is 0 Å². The van der Waals surface area contributed by atoms with Crippen LogP contribution < -0.4 is 0 Å². The lowest BCUT2D eigenvalue weighted by Crippen LogP contribution is -2.13. The molecule has 0 radical (unpaired) electrons. The van der Waals surface area contributed by atoms with Crippen LogP contribution in [0.1, 0.15) is 35.8 Å². The van der Waals surface area contributed by atoms with Crippen molar-refractivity contribution in [3.8, 4) is 11.5 Å². The second-order valence-electron chi connectivity index (χ2n) is 5.89. The molecule has 0 bridgehead atoms. The molecule has 12 heteroatoms. The van der Waals surface area contributed by atoms with Crippen molar-refractivity contribution in [3.05, 3.63) is 51.6 Å². The van der Waals surface area contributed by atoms with Crippen LogP contribution in [-0.4, -0.2) is 20.0 Å². The molecule has 0 aliphatic rings. The molecule has 0 aliphatic heterocycles. The summed E-state index contributed by atoms with van der Waals surface area (Å²) in [6, 6.07) is 3.41. The van der Waals surface area contributed by atoms with Gasteiger partial charge in [0.05, 0.1) is 15.7 Å². The maximum atomic E-state index is 13.0. The third-order valence-electron chi connectivity index (χ3n) is 3.95. The fourth-order valence-corrected chi connectivity index (χ4v) is 3.00. The van der Waals surface area contributed by atoms with Gasteiger partial charge >= 0.3 is 12.4 Å². The normalized spacial score (nSPS) is 13.8. The average molecular weight is 469 g/mol. The lowest BCUT2D eigenvalue weighted by atomic mass is 10.1. The molecule has 150 valence electrons. The molecular formula is C16H11BrF6N4O. The first-order chi connectivity index (χ1) is 12.9. The first-order valence-corrected chi connectivity index (χ1v) is 8.51. The van der Waals surface area contributed by atoms with Gasteiger partial charge in [0.1, 0.15) is 6.04 Å². The quantitative estimate of drug-likeness (QED) is 0.466. The van der Waals surface area contributed by atoms with Crippen LogP contribution in [-0.2, 0) is 12.4 Å². The van der Waals surface area contributed by atoms with Crippen molar-refractivity contribution in [1.82, 2.24) is 20.0 Å². The smallest absolute Gasteiger partial charge is 0.418 e. The van der Waals surface area contributed by atoms with Crippen molar-refractivity contribution in [2.45, 2.75) is 32.2 Å². The molecule has 0 spiro atoms. The van der Waals surface area contributed by atoms with Crippen LogP contribution in [0, 0.1) is 6.92 Å². The van der Waals surface area contributed by atoms with Crippen LogP contribution in [0.2, 0.25) is 0 Å². The third-order valence-corrected chi connectivity index (χ3v) is 4.90. The highest BCUT2D eigenvalue weighted by Gasteiger charge is 2.39. The predicted molar refractivity (Wildman–Crippen MR) is 88.2 cm³/mol. The van der Waals surface area contributed by atoms with Crippen LogP contribution in [0.15, 0.2) is 33.2 Å². The molecule has 1 aromatic carbocycles. The standard InChI is InChI=1S/C16H11BrF6N4O/c1-7-11(17)12(16(21,22)23)26-27(7)8(2)13-24-25-14(28-13)9-4-3-5-10(6-9)15(18,19)20/h3-6,8H,1-2H3. The van der Waals surface area contributed by atoms with E-state index in [2.05, 4.69) is 31.2 Å². The SMILES string of the molecule is Cc1c(Br)c(C(F)(F)F)nn1C(C)c1nnc(-c2cccc(C(F)(F)F)c2)o1. The van der Waals surface area contributed by atoms with Crippen LogP contribution in [0.5, 0.6) is 0 Å². The maximum Gasteiger partial charge on any atom is 0.436 e. The van der Waals surface area contributed by atoms with Gasteiger partial charge in [-0.25, -0.2) is 0 Å². The van der Waals surface area contributed by atoms with Gasteiger partial charge in [-0.05, 0) is 48.0 Å². The average Bonchev–Trinajstić information content (AvgIpc) is 3.20. The lowest BCUT2D eigenvalue weighted by molar-refractivity contribution is -0.142. The maximum absolute atomic E-state index is 13.0. The highest BCUT2D eigenvalue weighted by atomic mass is 79.9. The molecule has 0 amide bonds. The second kappa shape index (κ2) is 6.90. The molecule has 0 aliphatic carbocycles. The van der Waals surface area contributed by atoms with Crippen molar-refractivity contribution in [2.75, 3.05) is 0 Å². The van der Waals surface area contributed by atoms with E-state index in [-0.39, 0.29) is 27.5 Å². The Bertz CT molecular complexity index is 1010. The predicted octanol–water partition coefficient (Wildman–Crippen LogP) is 5.65.